The van der Waals surface area contributed by atoms with E-state index in [1.807, 2.05) is 6.92 Å². The quantitative estimate of drug-likeness (QED) is 0.515. The van der Waals surface area contributed by atoms with Crippen molar-refractivity contribution in [3.63, 3.8) is 0 Å². The molecule has 0 aromatic heterocycles. The van der Waals surface area contributed by atoms with E-state index in [-0.39, 0.29) is 17.9 Å². The number of amides is 1. The first kappa shape index (κ1) is 21.7. The van der Waals surface area contributed by atoms with Crippen molar-refractivity contribution in [3.05, 3.63) is 65.7 Å². The van der Waals surface area contributed by atoms with Crippen LogP contribution in [0.25, 0.3) is 6.08 Å². The zero-order valence-electron chi connectivity index (χ0n) is 16.3. The summed E-state index contributed by atoms with van der Waals surface area (Å²) in [5.74, 6) is -1.03. The Hall–Kier alpha value is -3.61. The molecule has 2 aromatic rings. The normalized spacial score (nSPS) is 10.4. The summed E-state index contributed by atoms with van der Waals surface area (Å²) in [5, 5.41) is 2.54. The molecule has 7 heteroatoms. The van der Waals surface area contributed by atoms with Gasteiger partial charge in [0.25, 0.3) is 5.91 Å². The van der Waals surface area contributed by atoms with E-state index in [2.05, 4.69) is 5.32 Å². The molecule has 0 heterocycles. The fraction of sp³-hybridized carbons (Fsp3) is 0.227. The first-order valence-electron chi connectivity index (χ1n) is 9.17. The van der Waals surface area contributed by atoms with Gasteiger partial charge in [-0.2, -0.15) is 0 Å². The lowest BCUT2D eigenvalue weighted by Crippen LogP contribution is -2.21. The van der Waals surface area contributed by atoms with Crippen LogP contribution in [0.15, 0.2) is 54.6 Å². The van der Waals surface area contributed by atoms with E-state index in [4.69, 9.17) is 14.2 Å². The van der Waals surface area contributed by atoms with Gasteiger partial charge < -0.3 is 19.5 Å². The highest BCUT2D eigenvalue weighted by atomic mass is 16.5. The van der Waals surface area contributed by atoms with Crippen LogP contribution in [0, 0.1) is 0 Å². The highest BCUT2D eigenvalue weighted by molar-refractivity contribution is 6.02. The van der Waals surface area contributed by atoms with Crippen molar-refractivity contribution in [2.45, 2.75) is 13.8 Å². The molecule has 0 atom stereocenters. The van der Waals surface area contributed by atoms with Gasteiger partial charge in [-0.3, -0.25) is 4.79 Å². The van der Waals surface area contributed by atoms with Crippen molar-refractivity contribution < 1.29 is 28.6 Å². The van der Waals surface area contributed by atoms with E-state index in [1.54, 1.807) is 61.5 Å². The maximum Gasteiger partial charge on any atom is 0.340 e. The lowest BCUT2D eigenvalue weighted by atomic mass is 10.2. The van der Waals surface area contributed by atoms with Crippen LogP contribution in [0.4, 0.5) is 5.69 Å². The number of benzene rings is 2. The number of ether oxygens (including phenoxy) is 3. The topological polar surface area (TPSA) is 90.9 Å². The molecule has 0 aliphatic rings. The summed E-state index contributed by atoms with van der Waals surface area (Å²) in [6, 6.07) is 13.6. The predicted molar refractivity (Wildman–Crippen MR) is 109 cm³/mol. The molecule has 0 fully saturated rings. The van der Waals surface area contributed by atoms with Gasteiger partial charge in [0.15, 0.2) is 6.61 Å². The van der Waals surface area contributed by atoms with Gasteiger partial charge in [0, 0.05) is 6.08 Å². The fourth-order valence-electron chi connectivity index (χ4n) is 2.36. The van der Waals surface area contributed by atoms with Crippen molar-refractivity contribution in [1.29, 1.82) is 0 Å². The highest BCUT2D eigenvalue weighted by Crippen LogP contribution is 2.16. The molecule has 0 unspecified atom stereocenters. The van der Waals surface area contributed by atoms with Gasteiger partial charge in [-0.25, -0.2) is 9.59 Å². The van der Waals surface area contributed by atoms with Crippen molar-refractivity contribution in [3.8, 4) is 5.75 Å². The van der Waals surface area contributed by atoms with Gasteiger partial charge in [-0.1, -0.05) is 24.3 Å². The van der Waals surface area contributed by atoms with Crippen LogP contribution in [0.3, 0.4) is 0 Å². The Kier molecular flexibility index (Phi) is 8.44. The summed E-state index contributed by atoms with van der Waals surface area (Å²) in [4.78, 5) is 35.8. The summed E-state index contributed by atoms with van der Waals surface area (Å²) >= 11 is 0. The second-order valence-electron chi connectivity index (χ2n) is 5.76. The minimum Gasteiger partial charge on any atom is -0.494 e. The number of para-hydroxylation sites is 1. The van der Waals surface area contributed by atoms with Crippen LogP contribution in [0.2, 0.25) is 0 Å². The monoisotopic (exact) mass is 397 g/mol. The molecule has 1 amide bonds. The summed E-state index contributed by atoms with van der Waals surface area (Å²) in [7, 11) is 0. The number of rotatable bonds is 9. The Morgan fingerprint density at radius 2 is 1.66 bits per heavy atom. The number of hydrogen-bond donors (Lipinski definition) is 1. The Morgan fingerprint density at radius 1 is 0.931 bits per heavy atom. The first-order valence-corrected chi connectivity index (χ1v) is 9.17. The van der Waals surface area contributed by atoms with E-state index < -0.39 is 24.5 Å². The second kappa shape index (κ2) is 11.3. The van der Waals surface area contributed by atoms with Gasteiger partial charge in [0.05, 0.1) is 24.5 Å². The number of nitrogens with one attached hydrogen (secondary N) is 1. The zero-order valence-corrected chi connectivity index (χ0v) is 16.3. The van der Waals surface area contributed by atoms with E-state index in [0.29, 0.717) is 6.61 Å². The molecule has 0 radical (unpaired) electrons. The van der Waals surface area contributed by atoms with E-state index >= 15 is 0 Å². The van der Waals surface area contributed by atoms with Crippen LogP contribution >= 0.6 is 0 Å². The highest BCUT2D eigenvalue weighted by Gasteiger charge is 2.14. The number of hydrogen-bond acceptors (Lipinski definition) is 6. The number of carbonyl (C=O) groups excluding carboxylic acids is 3. The van der Waals surface area contributed by atoms with Crippen molar-refractivity contribution in [2.24, 2.45) is 0 Å². The molecule has 0 spiro atoms. The van der Waals surface area contributed by atoms with E-state index in [1.165, 1.54) is 6.08 Å². The van der Waals surface area contributed by atoms with Gasteiger partial charge in [-0.15, -0.1) is 0 Å². The largest absolute Gasteiger partial charge is 0.494 e. The Morgan fingerprint density at radius 3 is 2.34 bits per heavy atom. The van der Waals surface area contributed by atoms with Gasteiger partial charge in [0.2, 0.25) is 0 Å². The number of anilines is 1. The Bertz CT molecular complexity index is 873. The lowest BCUT2D eigenvalue weighted by Gasteiger charge is -2.10. The summed E-state index contributed by atoms with van der Waals surface area (Å²) in [5.41, 5.74) is 1.31. The third kappa shape index (κ3) is 7.14. The number of esters is 2. The molecule has 0 aliphatic carbocycles. The van der Waals surface area contributed by atoms with Crippen molar-refractivity contribution in [1.82, 2.24) is 0 Å². The molecule has 0 saturated heterocycles. The van der Waals surface area contributed by atoms with Crippen LogP contribution in [0.5, 0.6) is 5.75 Å². The van der Waals surface area contributed by atoms with Crippen molar-refractivity contribution in [2.75, 3.05) is 25.1 Å². The molecule has 1 N–H and O–H groups in total. The third-order valence-corrected chi connectivity index (χ3v) is 3.64. The van der Waals surface area contributed by atoms with Gasteiger partial charge in [0.1, 0.15) is 5.75 Å². The van der Waals surface area contributed by atoms with Crippen LogP contribution in [0.1, 0.15) is 29.8 Å². The Balaban J connectivity index is 1.86. The summed E-state index contributed by atoms with van der Waals surface area (Å²) < 4.78 is 15.2. The van der Waals surface area contributed by atoms with E-state index in [9.17, 15) is 14.4 Å². The van der Waals surface area contributed by atoms with Crippen LogP contribution in [-0.4, -0.2) is 37.7 Å². The fourth-order valence-corrected chi connectivity index (χ4v) is 2.36. The zero-order chi connectivity index (χ0) is 21.1. The molecular weight excluding hydrogens is 374 g/mol. The molecule has 0 saturated carbocycles. The molecular formula is C22H23NO6. The number of carbonyl (C=O) groups is 3. The van der Waals surface area contributed by atoms with E-state index in [0.717, 1.165) is 11.3 Å². The third-order valence-electron chi connectivity index (χ3n) is 3.64. The average Bonchev–Trinajstić information content (AvgIpc) is 2.72. The Labute approximate surface area is 169 Å². The molecule has 7 nitrogen and oxygen atoms in total. The average molecular weight is 397 g/mol. The first-order chi connectivity index (χ1) is 14.0. The predicted octanol–water partition coefficient (Wildman–Crippen LogP) is 3.46. The SMILES string of the molecule is CCOC(=O)c1ccccc1NC(=O)COC(=O)/C=C/c1ccc(OCC)cc1. The van der Waals surface area contributed by atoms with Crippen LogP contribution in [-0.2, 0) is 19.1 Å². The second-order valence-corrected chi connectivity index (χ2v) is 5.76. The molecule has 0 aliphatic heterocycles. The summed E-state index contributed by atoms with van der Waals surface area (Å²) in [6.07, 6.45) is 2.81. The van der Waals surface area contributed by atoms with Gasteiger partial charge >= 0.3 is 11.9 Å². The molecule has 2 rings (SSSR count). The smallest absolute Gasteiger partial charge is 0.340 e. The molecule has 29 heavy (non-hydrogen) atoms. The maximum absolute atomic E-state index is 12.0. The minimum atomic E-state index is -0.660. The molecule has 0 bridgehead atoms. The van der Waals surface area contributed by atoms with Crippen molar-refractivity contribution >= 4 is 29.6 Å². The standard InChI is InChI=1S/C22H23NO6/c1-3-27-17-12-9-16(10-13-17)11-14-21(25)29-15-20(24)23-19-8-6-5-7-18(19)22(26)28-4-2/h5-14H,3-4,15H2,1-2H3,(H,23,24)/b14-11+. The molecule has 152 valence electrons. The maximum atomic E-state index is 12.0. The minimum absolute atomic E-state index is 0.222. The lowest BCUT2D eigenvalue weighted by molar-refractivity contribution is -0.142. The van der Waals surface area contributed by atoms with Crippen LogP contribution < -0.4 is 10.1 Å². The van der Waals surface area contributed by atoms with Gasteiger partial charge in [-0.05, 0) is 49.8 Å². The molecule has 2 aromatic carbocycles. The summed E-state index contributed by atoms with van der Waals surface area (Å²) in [6.45, 7) is 3.91.